The van der Waals surface area contributed by atoms with E-state index in [1.807, 2.05) is 0 Å². The third kappa shape index (κ3) is 6.14. The van der Waals surface area contributed by atoms with Gasteiger partial charge in [-0.15, -0.1) is 0 Å². The second-order valence-electron chi connectivity index (χ2n) is 5.48. The summed E-state index contributed by atoms with van der Waals surface area (Å²) in [6, 6.07) is 0. The summed E-state index contributed by atoms with van der Waals surface area (Å²) in [7, 11) is 0. The molecule has 27 heavy (non-hydrogen) atoms. The minimum absolute atomic E-state index is 0. The summed E-state index contributed by atoms with van der Waals surface area (Å²) in [6.07, 6.45) is -18.0. The van der Waals surface area contributed by atoms with Gasteiger partial charge in [-0.05, 0) is 0 Å². The maximum Gasteiger partial charge on any atom is 2.00 e. The molecule has 152 valence electrons. The molecule has 0 aromatic carbocycles. The van der Waals surface area contributed by atoms with Gasteiger partial charge in [0.15, 0.2) is 12.6 Å². The van der Waals surface area contributed by atoms with Crippen molar-refractivity contribution in [1.29, 1.82) is 0 Å². The van der Waals surface area contributed by atoms with Crippen molar-refractivity contribution in [2.45, 2.75) is 61.4 Å². The van der Waals surface area contributed by atoms with E-state index in [2.05, 4.69) is 9.47 Å². The van der Waals surface area contributed by atoms with Gasteiger partial charge in [-0.1, -0.05) is 0 Å². The van der Waals surface area contributed by atoms with E-state index >= 15 is 0 Å². The van der Waals surface area contributed by atoms with Gasteiger partial charge in [0.1, 0.15) is 48.8 Å². The van der Waals surface area contributed by atoms with Gasteiger partial charge in [-0.2, -0.15) is 0 Å². The quantitative estimate of drug-likeness (QED) is 0.196. The van der Waals surface area contributed by atoms with E-state index in [-0.39, 0.29) is 23.1 Å². The van der Waals surface area contributed by atoms with Gasteiger partial charge in [0.25, 0.3) is 0 Å². The van der Waals surface area contributed by atoms with Crippen LogP contribution >= 0.6 is 0 Å². The zero-order valence-corrected chi connectivity index (χ0v) is 14.9. The molecule has 8 N–H and O–H groups in total. The first-order valence-electron chi connectivity index (χ1n) is 7.07. The van der Waals surface area contributed by atoms with Crippen LogP contribution in [0.1, 0.15) is 0 Å². The standard InChI is InChI=1S/2C6H10O7.Mg/c2*7-1-2(8)4(5(10)11)13-6(12)3(1)9;/h2*1-4,6-9,12H,(H,10,11);/q;;+2/p-2/t2*1-,2-,3-,4-,6+;/m00./s1. The van der Waals surface area contributed by atoms with Crippen LogP contribution in [-0.2, 0) is 19.1 Å². The van der Waals surface area contributed by atoms with E-state index in [0.29, 0.717) is 0 Å². The first-order valence-corrected chi connectivity index (χ1v) is 7.07. The smallest absolute Gasteiger partial charge is 0.547 e. The number of hydrogen-bond acceptors (Lipinski definition) is 14. The second kappa shape index (κ2) is 10.7. The van der Waals surface area contributed by atoms with Crippen LogP contribution in [-0.4, -0.2) is 137 Å². The summed E-state index contributed by atoms with van der Waals surface area (Å²) in [4.78, 5) is 20.5. The number of rotatable bonds is 2. The SMILES string of the molecule is O=C([O-])[C@H]1O[C@@H](O)[C@@H](O)[C@@H](O)[C@@H]1O.O=C([O-])[C@H]1O[C@@H](O)[C@@H](O)[C@@H](O)[C@@H]1O.[Mg+2]. The maximum absolute atomic E-state index is 10.3. The predicted molar refractivity (Wildman–Crippen MR) is 73.6 cm³/mol. The van der Waals surface area contributed by atoms with Crippen molar-refractivity contribution in [2.24, 2.45) is 0 Å². The number of ether oxygens (including phenoxy) is 2. The molecular formula is C12H18MgO14. The molecule has 10 atom stereocenters. The number of carboxylic acids is 2. The Labute approximate surface area is 167 Å². The average molecular weight is 411 g/mol. The Kier molecular flexibility index (Phi) is 10.5. The molecule has 2 fully saturated rings. The summed E-state index contributed by atoms with van der Waals surface area (Å²) in [6.45, 7) is 0. The van der Waals surface area contributed by atoms with Gasteiger partial charge < -0.3 is 70.1 Å². The van der Waals surface area contributed by atoms with Crippen molar-refractivity contribution in [2.75, 3.05) is 0 Å². The van der Waals surface area contributed by atoms with Crippen LogP contribution < -0.4 is 10.2 Å². The number of carbonyl (C=O) groups excluding carboxylic acids is 2. The van der Waals surface area contributed by atoms with Crippen LogP contribution in [0, 0.1) is 0 Å². The average Bonchev–Trinajstić information content (AvgIpc) is 2.57. The summed E-state index contributed by atoms with van der Waals surface area (Å²) in [5, 5.41) is 92.1. The fraction of sp³-hybridized carbons (Fsp3) is 0.833. The molecule has 2 saturated heterocycles. The largest absolute Gasteiger partial charge is 2.00 e. The molecule has 0 spiro atoms. The zero-order valence-electron chi connectivity index (χ0n) is 13.5. The Morgan fingerprint density at radius 3 is 1.04 bits per heavy atom. The summed E-state index contributed by atoms with van der Waals surface area (Å²) < 4.78 is 8.55. The van der Waals surface area contributed by atoms with Crippen molar-refractivity contribution in [3.05, 3.63) is 0 Å². The van der Waals surface area contributed by atoms with Gasteiger partial charge in [0, 0.05) is 0 Å². The molecule has 2 heterocycles. The fourth-order valence-electron chi connectivity index (χ4n) is 2.11. The summed E-state index contributed by atoms with van der Waals surface area (Å²) in [5.74, 6) is -3.53. The third-order valence-electron chi connectivity index (χ3n) is 3.64. The second-order valence-corrected chi connectivity index (χ2v) is 5.48. The Hall–Kier alpha value is -0.694. The normalized spacial score (nSPS) is 44.3. The van der Waals surface area contributed by atoms with E-state index in [4.69, 9.17) is 40.9 Å². The molecule has 0 aliphatic carbocycles. The molecule has 2 aliphatic rings. The third-order valence-corrected chi connectivity index (χ3v) is 3.64. The van der Waals surface area contributed by atoms with Gasteiger partial charge in [0.05, 0.1) is 11.9 Å². The molecule has 0 unspecified atom stereocenters. The number of aliphatic hydroxyl groups excluding tert-OH is 8. The van der Waals surface area contributed by atoms with Crippen molar-refractivity contribution < 1.29 is 70.1 Å². The number of carbonyl (C=O) groups is 2. The predicted octanol–water partition coefficient (Wildman–Crippen LogP) is -9.31. The van der Waals surface area contributed by atoms with Crippen LogP contribution in [0.5, 0.6) is 0 Å². The van der Waals surface area contributed by atoms with E-state index in [1.165, 1.54) is 0 Å². The Morgan fingerprint density at radius 2 is 0.815 bits per heavy atom. The topological polar surface area (TPSA) is 261 Å². The zero-order chi connectivity index (χ0) is 20.3. The molecule has 0 aromatic rings. The Bertz CT molecular complexity index is 460. The van der Waals surface area contributed by atoms with Crippen LogP contribution in [0.3, 0.4) is 0 Å². The monoisotopic (exact) mass is 410 g/mol. The summed E-state index contributed by atoms with van der Waals surface area (Å²) >= 11 is 0. The number of carboxylic acid groups (broad SMARTS) is 2. The minimum Gasteiger partial charge on any atom is -0.547 e. The molecular weight excluding hydrogens is 392 g/mol. The van der Waals surface area contributed by atoms with E-state index < -0.39 is 73.4 Å². The molecule has 0 amide bonds. The molecule has 0 bridgehead atoms. The van der Waals surface area contributed by atoms with Crippen molar-refractivity contribution in [3.8, 4) is 0 Å². The molecule has 0 radical (unpaired) electrons. The Balaban J connectivity index is 0.000000483. The fourth-order valence-corrected chi connectivity index (χ4v) is 2.11. The van der Waals surface area contributed by atoms with E-state index in [1.54, 1.807) is 0 Å². The number of aliphatic hydroxyl groups is 8. The first-order chi connectivity index (χ1) is 11.9. The molecule has 15 heteroatoms. The molecule has 0 aromatic heterocycles. The van der Waals surface area contributed by atoms with Gasteiger partial charge in [-0.25, -0.2) is 0 Å². The minimum atomic E-state index is -1.85. The molecule has 2 aliphatic heterocycles. The maximum atomic E-state index is 10.3. The number of hydrogen-bond donors (Lipinski definition) is 8. The van der Waals surface area contributed by atoms with Crippen LogP contribution in [0.2, 0.25) is 0 Å². The van der Waals surface area contributed by atoms with Crippen LogP contribution in [0.25, 0.3) is 0 Å². The first kappa shape index (κ1) is 26.3. The van der Waals surface area contributed by atoms with Crippen LogP contribution in [0.15, 0.2) is 0 Å². The van der Waals surface area contributed by atoms with Gasteiger partial charge in [0.2, 0.25) is 0 Å². The van der Waals surface area contributed by atoms with E-state index in [0.717, 1.165) is 0 Å². The number of aliphatic carboxylic acids is 2. The van der Waals surface area contributed by atoms with Crippen molar-refractivity contribution in [3.63, 3.8) is 0 Å². The molecule has 2 rings (SSSR count). The van der Waals surface area contributed by atoms with E-state index in [9.17, 15) is 19.8 Å². The van der Waals surface area contributed by atoms with Gasteiger partial charge in [-0.3, -0.25) is 0 Å². The van der Waals surface area contributed by atoms with Crippen LogP contribution in [0.4, 0.5) is 0 Å². The van der Waals surface area contributed by atoms with Crippen molar-refractivity contribution in [1.82, 2.24) is 0 Å². The Morgan fingerprint density at radius 1 is 0.556 bits per heavy atom. The van der Waals surface area contributed by atoms with Gasteiger partial charge >= 0.3 is 23.1 Å². The van der Waals surface area contributed by atoms with Crippen molar-refractivity contribution >= 4 is 35.0 Å². The molecule has 0 saturated carbocycles. The summed E-state index contributed by atoms with van der Waals surface area (Å²) in [5.41, 5.74) is 0. The molecule has 14 nitrogen and oxygen atoms in total.